The van der Waals surface area contributed by atoms with E-state index in [1.54, 1.807) is 4.90 Å². The highest BCUT2D eigenvalue weighted by Crippen LogP contribution is 2.50. The molecule has 2 saturated heterocycles. The molecule has 1 unspecified atom stereocenters. The van der Waals surface area contributed by atoms with Crippen LogP contribution in [-0.2, 0) is 9.53 Å². The van der Waals surface area contributed by atoms with Crippen LogP contribution in [0.1, 0.15) is 45.1 Å². The Hall–Kier alpha value is -2.04. The highest BCUT2D eigenvalue weighted by molar-refractivity contribution is 5.87. The first-order valence-electron chi connectivity index (χ1n) is 9.00. The molecule has 1 spiro atoms. The summed E-state index contributed by atoms with van der Waals surface area (Å²) in [7, 11) is 1.88. The van der Waals surface area contributed by atoms with Crippen molar-refractivity contribution in [2.45, 2.75) is 45.1 Å². The Morgan fingerprint density at radius 1 is 1.16 bits per heavy atom. The van der Waals surface area contributed by atoms with Crippen molar-refractivity contribution in [1.82, 2.24) is 9.80 Å². The summed E-state index contributed by atoms with van der Waals surface area (Å²) in [6.45, 7) is 7.68. The quantitative estimate of drug-likeness (QED) is 0.786. The average Bonchev–Trinajstić information content (AvgIpc) is 2.78. The predicted octanol–water partition coefficient (Wildman–Crippen LogP) is 3.26. The molecule has 136 valence electrons. The van der Waals surface area contributed by atoms with Crippen LogP contribution < -0.4 is 0 Å². The SMILES string of the molecule is CN1CC2(CCN(C(=O)OC(C)(C)C)CC2)C(c2ccccc2)C1=O. The van der Waals surface area contributed by atoms with Crippen LogP contribution in [0, 0.1) is 5.41 Å². The summed E-state index contributed by atoms with van der Waals surface area (Å²) < 4.78 is 5.49. The molecule has 1 atom stereocenters. The summed E-state index contributed by atoms with van der Waals surface area (Å²) in [4.78, 5) is 28.8. The number of likely N-dealkylation sites (N-methyl/N-ethyl adjacent to an activating group) is 1. The maximum atomic E-state index is 12.8. The minimum Gasteiger partial charge on any atom is -0.444 e. The predicted molar refractivity (Wildman–Crippen MR) is 96.3 cm³/mol. The molecule has 0 bridgehead atoms. The molecule has 2 fully saturated rings. The minimum absolute atomic E-state index is 0.0916. The number of amides is 2. The van der Waals surface area contributed by atoms with Crippen LogP contribution in [0.15, 0.2) is 30.3 Å². The summed E-state index contributed by atoms with van der Waals surface area (Å²) in [6, 6.07) is 10.0. The van der Waals surface area contributed by atoms with Gasteiger partial charge < -0.3 is 14.5 Å². The maximum Gasteiger partial charge on any atom is 0.410 e. The molecule has 25 heavy (non-hydrogen) atoms. The standard InChI is InChI=1S/C20H28N2O3/c1-19(2,3)25-18(24)22-12-10-20(11-13-22)14-21(4)17(23)16(20)15-8-6-5-7-9-15/h5-9,16H,10-14H2,1-4H3. The fourth-order valence-electron chi connectivity index (χ4n) is 4.17. The molecule has 0 radical (unpaired) electrons. The van der Waals surface area contributed by atoms with Gasteiger partial charge in [-0.05, 0) is 39.2 Å². The summed E-state index contributed by atoms with van der Waals surface area (Å²) >= 11 is 0. The number of hydrogen-bond donors (Lipinski definition) is 0. The monoisotopic (exact) mass is 344 g/mol. The lowest BCUT2D eigenvalue weighted by Gasteiger charge is -2.42. The van der Waals surface area contributed by atoms with Crippen LogP contribution in [0.5, 0.6) is 0 Å². The molecule has 0 aromatic heterocycles. The molecule has 2 aliphatic rings. The average molecular weight is 344 g/mol. The number of carbonyl (C=O) groups excluding carboxylic acids is 2. The van der Waals surface area contributed by atoms with Crippen molar-refractivity contribution >= 4 is 12.0 Å². The third-order valence-corrected chi connectivity index (χ3v) is 5.33. The van der Waals surface area contributed by atoms with E-state index in [2.05, 4.69) is 0 Å². The van der Waals surface area contributed by atoms with Crippen LogP contribution in [0.25, 0.3) is 0 Å². The zero-order chi connectivity index (χ0) is 18.2. The second-order valence-corrected chi connectivity index (χ2v) is 8.37. The number of piperidine rings is 1. The van der Waals surface area contributed by atoms with Crippen molar-refractivity contribution in [1.29, 1.82) is 0 Å². The Labute approximate surface area is 149 Å². The van der Waals surface area contributed by atoms with E-state index in [-0.39, 0.29) is 23.3 Å². The Kier molecular flexibility index (Phi) is 4.52. The summed E-state index contributed by atoms with van der Waals surface area (Å²) in [5, 5.41) is 0. The first-order chi connectivity index (χ1) is 11.7. The highest BCUT2D eigenvalue weighted by Gasteiger charge is 2.53. The van der Waals surface area contributed by atoms with Crippen molar-refractivity contribution in [2.75, 3.05) is 26.7 Å². The van der Waals surface area contributed by atoms with Gasteiger partial charge in [0, 0.05) is 32.1 Å². The van der Waals surface area contributed by atoms with Gasteiger partial charge in [-0.2, -0.15) is 0 Å². The van der Waals surface area contributed by atoms with Crippen molar-refractivity contribution in [3.8, 4) is 0 Å². The molecule has 0 aliphatic carbocycles. The van der Waals surface area contributed by atoms with Crippen molar-refractivity contribution in [3.63, 3.8) is 0 Å². The fraction of sp³-hybridized carbons (Fsp3) is 0.600. The summed E-state index contributed by atoms with van der Waals surface area (Å²) in [6.07, 6.45) is 1.39. The number of ether oxygens (including phenoxy) is 1. The van der Waals surface area contributed by atoms with Crippen LogP contribution in [0.2, 0.25) is 0 Å². The molecule has 5 nitrogen and oxygen atoms in total. The number of rotatable bonds is 1. The maximum absolute atomic E-state index is 12.8. The van der Waals surface area contributed by atoms with Gasteiger partial charge in [-0.3, -0.25) is 4.79 Å². The molecule has 2 heterocycles. The van der Waals surface area contributed by atoms with E-state index in [9.17, 15) is 9.59 Å². The molecule has 2 aliphatic heterocycles. The molecule has 0 N–H and O–H groups in total. The lowest BCUT2D eigenvalue weighted by Crippen LogP contribution is -2.47. The molecule has 0 saturated carbocycles. The van der Waals surface area contributed by atoms with E-state index in [0.717, 1.165) is 24.9 Å². The molecular weight excluding hydrogens is 316 g/mol. The van der Waals surface area contributed by atoms with Gasteiger partial charge in [-0.1, -0.05) is 30.3 Å². The second-order valence-electron chi connectivity index (χ2n) is 8.37. The van der Waals surface area contributed by atoms with Gasteiger partial charge in [0.15, 0.2) is 0 Å². The van der Waals surface area contributed by atoms with Crippen LogP contribution in [0.4, 0.5) is 4.79 Å². The highest BCUT2D eigenvalue weighted by atomic mass is 16.6. The Balaban J connectivity index is 1.76. The smallest absolute Gasteiger partial charge is 0.410 e. The van der Waals surface area contributed by atoms with Gasteiger partial charge in [-0.15, -0.1) is 0 Å². The van der Waals surface area contributed by atoms with E-state index in [0.29, 0.717) is 13.1 Å². The van der Waals surface area contributed by atoms with Crippen LogP contribution in [0.3, 0.4) is 0 Å². The number of hydrogen-bond acceptors (Lipinski definition) is 3. The van der Waals surface area contributed by atoms with Gasteiger partial charge in [0.2, 0.25) is 5.91 Å². The number of nitrogens with zero attached hydrogens (tertiary/aromatic N) is 2. The topological polar surface area (TPSA) is 49.9 Å². The molecule has 1 aromatic rings. The van der Waals surface area contributed by atoms with Gasteiger partial charge in [-0.25, -0.2) is 4.79 Å². The normalized spacial score (nSPS) is 23.2. The van der Waals surface area contributed by atoms with Gasteiger partial charge >= 0.3 is 6.09 Å². The first kappa shape index (κ1) is 17.8. The first-order valence-corrected chi connectivity index (χ1v) is 9.00. The van der Waals surface area contributed by atoms with E-state index in [1.807, 2.05) is 63.1 Å². The largest absolute Gasteiger partial charge is 0.444 e. The zero-order valence-corrected chi connectivity index (χ0v) is 15.6. The number of benzene rings is 1. The van der Waals surface area contributed by atoms with E-state index >= 15 is 0 Å². The van der Waals surface area contributed by atoms with Gasteiger partial charge in [0.05, 0.1) is 5.92 Å². The molecule has 1 aromatic carbocycles. The van der Waals surface area contributed by atoms with E-state index < -0.39 is 5.60 Å². The van der Waals surface area contributed by atoms with E-state index in [4.69, 9.17) is 4.74 Å². The molecule has 3 rings (SSSR count). The zero-order valence-electron chi connectivity index (χ0n) is 15.6. The summed E-state index contributed by atoms with van der Waals surface area (Å²) in [5.41, 5.74) is 0.510. The third kappa shape index (κ3) is 3.51. The summed E-state index contributed by atoms with van der Waals surface area (Å²) in [5.74, 6) is 0.0800. The van der Waals surface area contributed by atoms with Crippen LogP contribution >= 0.6 is 0 Å². The number of carbonyl (C=O) groups is 2. The Morgan fingerprint density at radius 3 is 2.32 bits per heavy atom. The molecular formula is C20H28N2O3. The fourth-order valence-corrected chi connectivity index (χ4v) is 4.17. The second kappa shape index (κ2) is 6.36. The van der Waals surface area contributed by atoms with Gasteiger partial charge in [0.25, 0.3) is 0 Å². The number of likely N-dealkylation sites (tertiary alicyclic amines) is 2. The van der Waals surface area contributed by atoms with Gasteiger partial charge in [0.1, 0.15) is 5.60 Å². The molecule has 2 amide bonds. The van der Waals surface area contributed by atoms with Crippen molar-refractivity contribution < 1.29 is 14.3 Å². The van der Waals surface area contributed by atoms with Crippen molar-refractivity contribution in [2.24, 2.45) is 5.41 Å². The Morgan fingerprint density at radius 2 is 1.76 bits per heavy atom. The van der Waals surface area contributed by atoms with Crippen molar-refractivity contribution in [3.05, 3.63) is 35.9 Å². The van der Waals surface area contributed by atoms with E-state index in [1.165, 1.54) is 0 Å². The minimum atomic E-state index is -0.484. The van der Waals surface area contributed by atoms with Crippen LogP contribution in [-0.4, -0.2) is 54.1 Å². The molecule has 5 heteroatoms. The lowest BCUT2D eigenvalue weighted by atomic mass is 9.68. The Bertz CT molecular complexity index is 643. The lowest BCUT2D eigenvalue weighted by molar-refractivity contribution is -0.128. The third-order valence-electron chi connectivity index (χ3n) is 5.33.